The van der Waals surface area contributed by atoms with Crippen LogP contribution in [0.4, 0.5) is 11.4 Å². The Kier molecular flexibility index (Phi) is 4.21. The van der Waals surface area contributed by atoms with Gasteiger partial charge in [0.2, 0.25) is 5.91 Å². The minimum absolute atomic E-state index is 0.0179. The number of para-hydroxylation sites is 2. The lowest BCUT2D eigenvalue weighted by Gasteiger charge is -2.22. The van der Waals surface area contributed by atoms with E-state index in [1.807, 2.05) is 65.6 Å². The zero-order chi connectivity index (χ0) is 17.1. The molecule has 1 heterocycles. The van der Waals surface area contributed by atoms with E-state index in [2.05, 4.69) is 29.6 Å². The number of carbonyl (C=O) groups is 1. The second-order valence-corrected chi connectivity index (χ2v) is 6.29. The molecule has 1 aliphatic heterocycles. The maximum absolute atomic E-state index is 13.1. The van der Waals surface area contributed by atoms with E-state index in [9.17, 15) is 4.79 Å². The molecule has 1 atom stereocenters. The van der Waals surface area contributed by atoms with Gasteiger partial charge in [-0.05, 0) is 23.3 Å². The van der Waals surface area contributed by atoms with Crippen LogP contribution in [0.5, 0.6) is 0 Å². The molecule has 0 aliphatic carbocycles. The lowest BCUT2D eigenvalue weighted by molar-refractivity contribution is -0.118. The molecule has 0 aromatic heterocycles. The second-order valence-electron chi connectivity index (χ2n) is 6.29. The summed E-state index contributed by atoms with van der Waals surface area (Å²) >= 11 is 0. The highest BCUT2D eigenvalue weighted by Crippen LogP contribution is 2.36. The van der Waals surface area contributed by atoms with Crippen LogP contribution >= 0.6 is 0 Å². The highest BCUT2D eigenvalue weighted by molar-refractivity contribution is 5.98. The van der Waals surface area contributed by atoms with Crippen LogP contribution in [0, 0.1) is 0 Å². The van der Waals surface area contributed by atoms with E-state index in [-0.39, 0.29) is 11.9 Å². The molecule has 124 valence electrons. The monoisotopic (exact) mass is 328 g/mol. The molecule has 0 bridgehead atoms. The van der Waals surface area contributed by atoms with Crippen molar-refractivity contribution in [1.82, 2.24) is 0 Å². The first-order chi connectivity index (χ1) is 12.3. The van der Waals surface area contributed by atoms with Crippen molar-refractivity contribution in [1.29, 1.82) is 0 Å². The summed E-state index contributed by atoms with van der Waals surface area (Å²) in [5, 5.41) is 3.56. The molecule has 3 aromatic carbocycles. The number of nitrogens with one attached hydrogen (secondary N) is 1. The van der Waals surface area contributed by atoms with Crippen LogP contribution in [0.25, 0.3) is 0 Å². The van der Waals surface area contributed by atoms with Crippen molar-refractivity contribution in [3.8, 4) is 0 Å². The summed E-state index contributed by atoms with van der Waals surface area (Å²) in [5.74, 6) is 0.134. The number of carbonyl (C=O) groups excluding carboxylic acids is 1. The molecule has 25 heavy (non-hydrogen) atoms. The summed E-state index contributed by atoms with van der Waals surface area (Å²) in [4.78, 5) is 14.9. The van der Waals surface area contributed by atoms with E-state index in [1.165, 1.54) is 0 Å². The van der Waals surface area contributed by atoms with Gasteiger partial charge in [0.1, 0.15) is 0 Å². The number of nitrogens with zero attached hydrogens (tertiary/aromatic N) is 1. The fraction of sp³-hybridized carbons (Fsp3) is 0.136. The van der Waals surface area contributed by atoms with Gasteiger partial charge in [-0.2, -0.15) is 0 Å². The second kappa shape index (κ2) is 6.81. The normalized spacial score (nSPS) is 16.7. The van der Waals surface area contributed by atoms with Gasteiger partial charge in [-0.15, -0.1) is 0 Å². The van der Waals surface area contributed by atoms with Crippen LogP contribution < -0.4 is 10.2 Å². The minimum Gasteiger partial charge on any atom is -0.376 e. The summed E-state index contributed by atoms with van der Waals surface area (Å²) in [6.45, 7) is 0.583. The van der Waals surface area contributed by atoms with Gasteiger partial charge in [-0.25, -0.2) is 0 Å². The Hall–Kier alpha value is -3.07. The van der Waals surface area contributed by atoms with Gasteiger partial charge >= 0.3 is 0 Å². The largest absolute Gasteiger partial charge is 0.376 e. The number of benzene rings is 3. The number of fused-ring (bicyclic) bond motifs is 1. The van der Waals surface area contributed by atoms with E-state index in [0.29, 0.717) is 13.0 Å². The molecule has 0 fully saturated rings. The molecule has 1 amide bonds. The Bertz CT molecular complexity index is 861. The van der Waals surface area contributed by atoms with Gasteiger partial charge in [0.05, 0.1) is 30.4 Å². The molecule has 3 aromatic rings. The summed E-state index contributed by atoms with van der Waals surface area (Å²) in [6, 6.07) is 28.3. The highest BCUT2D eigenvalue weighted by atomic mass is 16.2. The molecule has 4 rings (SSSR count). The first-order valence-electron chi connectivity index (χ1n) is 8.56. The Balaban J connectivity index is 1.71. The zero-order valence-corrected chi connectivity index (χ0v) is 13.9. The lowest BCUT2D eigenvalue weighted by Crippen LogP contribution is -2.30. The lowest BCUT2D eigenvalue weighted by atomic mass is 10.0. The van der Waals surface area contributed by atoms with Gasteiger partial charge in [-0.1, -0.05) is 72.8 Å². The van der Waals surface area contributed by atoms with Crippen LogP contribution in [0.3, 0.4) is 0 Å². The van der Waals surface area contributed by atoms with Crippen molar-refractivity contribution in [2.75, 3.05) is 10.2 Å². The standard InChI is InChI=1S/C22H20N2O/c25-22-15-20(18-11-5-2-6-12-18)23-19-13-7-8-14-21(19)24(22)16-17-9-3-1-4-10-17/h1-14,20,23H,15-16H2. The van der Waals surface area contributed by atoms with Crippen LogP contribution in [-0.4, -0.2) is 5.91 Å². The Morgan fingerprint density at radius 1 is 0.840 bits per heavy atom. The van der Waals surface area contributed by atoms with Crippen molar-refractivity contribution in [3.05, 3.63) is 96.1 Å². The molecular formula is C22H20N2O. The highest BCUT2D eigenvalue weighted by Gasteiger charge is 2.27. The summed E-state index contributed by atoms with van der Waals surface area (Å²) in [7, 11) is 0. The first kappa shape index (κ1) is 15.5. The third-order valence-corrected chi connectivity index (χ3v) is 4.59. The van der Waals surface area contributed by atoms with E-state index in [0.717, 1.165) is 22.5 Å². The number of hydrogen-bond acceptors (Lipinski definition) is 2. The van der Waals surface area contributed by atoms with Gasteiger partial charge in [0.25, 0.3) is 0 Å². The van der Waals surface area contributed by atoms with Crippen molar-refractivity contribution < 1.29 is 4.79 Å². The van der Waals surface area contributed by atoms with Crippen LogP contribution in [-0.2, 0) is 11.3 Å². The molecular weight excluding hydrogens is 308 g/mol. The molecule has 0 spiro atoms. The van der Waals surface area contributed by atoms with Crippen molar-refractivity contribution in [3.63, 3.8) is 0 Å². The Morgan fingerprint density at radius 2 is 1.48 bits per heavy atom. The molecule has 0 radical (unpaired) electrons. The summed E-state index contributed by atoms with van der Waals surface area (Å²) < 4.78 is 0. The molecule has 3 nitrogen and oxygen atoms in total. The van der Waals surface area contributed by atoms with E-state index >= 15 is 0 Å². The van der Waals surface area contributed by atoms with Gasteiger partial charge in [-0.3, -0.25) is 4.79 Å². The maximum atomic E-state index is 13.1. The number of rotatable bonds is 3. The molecule has 0 saturated carbocycles. The summed E-state index contributed by atoms with van der Waals surface area (Å²) in [6.07, 6.45) is 0.436. The third-order valence-electron chi connectivity index (χ3n) is 4.59. The number of anilines is 2. The Labute approximate surface area is 147 Å². The predicted octanol–water partition coefficient (Wildman–Crippen LogP) is 4.78. The SMILES string of the molecule is O=C1CC(c2ccccc2)Nc2ccccc2N1Cc1ccccc1. The van der Waals surface area contributed by atoms with Crippen molar-refractivity contribution >= 4 is 17.3 Å². The number of amides is 1. The minimum atomic E-state index is -0.0179. The fourth-order valence-electron chi connectivity index (χ4n) is 3.31. The van der Waals surface area contributed by atoms with Gasteiger partial charge < -0.3 is 10.2 Å². The van der Waals surface area contributed by atoms with Crippen molar-refractivity contribution in [2.45, 2.75) is 19.0 Å². The predicted molar refractivity (Wildman–Crippen MR) is 101 cm³/mol. The van der Waals surface area contributed by atoms with Crippen LogP contribution in [0.2, 0.25) is 0 Å². The molecule has 3 heteroatoms. The topological polar surface area (TPSA) is 32.3 Å². The first-order valence-corrected chi connectivity index (χ1v) is 8.56. The molecule has 1 aliphatic rings. The van der Waals surface area contributed by atoms with Gasteiger partial charge in [0, 0.05) is 0 Å². The average Bonchev–Trinajstić information content (AvgIpc) is 2.80. The summed E-state index contributed by atoms with van der Waals surface area (Å²) in [5.41, 5.74) is 4.20. The van der Waals surface area contributed by atoms with Crippen molar-refractivity contribution in [2.24, 2.45) is 0 Å². The Morgan fingerprint density at radius 3 is 2.24 bits per heavy atom. The number of hydrogen-bond donors (Lipinski definition) is 1. The molecule has 1 unspecified atom stereocenters. The van der Waals surface area contributed by atoms with E-state index < -0.39 is 0 Å². The third kappa shape index (κ3) is 3.26. The zero-order valence-electron chi connectivity index (χ0n) is 13.9. The smallest absolute Gasteiger partial charge is 0.229 e. The van der Waals surface area contributed by atoms with Gasteiger partial charge in [0.15, 0.2) is 0 Å². The van der Waals surface area contributed by atoms with Crippen LogP contribution in [0.15, 0.2) is 84.9 Å². The van der Waals surface area contributed by atoms with E-state index in [1.54, 1.807) is 0 Å². The fourth-order valence-corrected chi connectivity index (χ4v) is 3.31. The maximum Gasteiger partial charge on any atom is 0.229 e. The quantitative estimate of drug-likeness (QED) is 0.750. The molecule has 0 saturated heterocycles. The average molecular weight is 328 g/mol. The molecule has 1 N–H and O–H groups in total. The van der Waals surface area contributed by atoms with E-state index in [4.69, 9.17) is 0 Å². The van der Waals surface area contributed by atoms with Crippen LogP contribution in [0.1, 0.15) is 23.6 Å².